The van der Waals surface area contributed by atoms with Crippen molar-refractivity contribution < 1.29 is 19.2 Å². The van der Waals surface area contributed by atoms with Crippen LogP contribution in [0.5, 0.6) is 0 Å². The molecule has 0 bridgehead atoms. The Hall–Kier alpha value is -5.19. The molecule has 0 radical (unpaired) electrons. The summed E-state index contributed by atoms with van der Waals surface area (Å²) in [6.07, 6.45) is 9.98. The number of benzene rings is 1. The van der Waals surface area contributed by atoms with Crippen LogP contribution < -0.4 is 16.0 Å². The van der Waals surface area contributed by atoms with E-state index in [2.05, 4.69) is 36.1 Å². The van der Waals surface area contributed by atoms with Gasteiger partial charge in [0.25, 0.3) is 5.91 Å². The second-order valence-corrected chi connectivity index (χ2v) is 9.35. The molecule has 0 saturated heterocycles. The number of nitrogens with zero attached hydrogens (tertiary/aromatic N) is 4. The fourth-order valence-electron chi connectivity index (χ4n) is 4.44. The van der Waals surface area contributed by atoms with Gasteiger partial charge >= 0.3 is 0 Å². The van der Waals surface area contributed by atoms with Gasteiger partial charge in [-0.3, -0.25) is 9.78 Å². The minimum atomic E-state index is -0.375. The van der Waals surface area contributed by atoms with Gasteiger partial charge in [0.15, 0.2) is 0 Å². The molecule has 2 aliphatic rings. The van der Waals surface area contributed by atoms with Gasteiger partial charge in [-0.25, -0.2) is 4.99 Å². The number of hydrogen-bond donors (Lipinski definition) is 4. The van der Waals surface area contributed by atoms with Crippen LogP contribution in [0.15, 0.2) is 98.7 Å². The van der Waals surface area contributed by atoms with Crippen LogP contribution in [0.25, 0.3) is 11.5 Å². The number of carbonyl (C=O) groups excluding carboxylic acids is 1. The molecular weight excluding hydrogens is 546 g/mol. The second kappa shape index (κ2) is 14.6. The van der Waals surface area contributed by atoms with E-state index in [-0.39, 0.29) is 30.3 Å². The van der Waals surface area contributed by atoms with Crippen molar-refractivity contribution in [3.05, 3.63) is 101 Å². The van der Waals surface area contributed by atoms with Crippen molar-refractivity contribution in [3.8, 4) is 11.5 Å². The van der Waals surface area contributed by atoms with Gasteiger partial charge < -0.3 is 30.3 Å². The molecule has 11 heteroatoms. The Morgan fingerprint density at radius 2 is 2.02 bits per heavy atom. The molecule has 43 heavy (non-hydrogen) atoms. The Labute approximate surface area is 251 Å². The van der Waals surface area contributed by atoms with Crippen LogP contribution in [0, 0.1) is 0 Å². The Morgan fingerprint density at radius 1 is 1.21 bits per heavy atom. The van der Waals surface area contributed by atoms with Crippen molar-refractivity contribution >= 4 is 23.5 Å². The number of carbonyl (C=O) groups is 1. The third kappa shape index (κ3) is 7.37. The third-order valence-electron chi connectivity index (χ3n) is 6.62. The van der Waals surface area contributed by atoms with E-state index in [4.69, 9.17) is 9.26 Å². The molecule has 3 aromatic rings. The average Bonchev–Trinajstić information content (AvgIpc) is 3.65. The van der Waals surface area contributed by atoms with Gasteiger partial charge in [0.1, 0.15) is 17.6 Å². The summed E-state index contributed by atoms with van der Waals surface area (Å²) < 4.78 is 10.7. The van der Waals surface area contributed by atoms with E-state index in [1.807, 2.05) is 52.0 Å². The largest absolute Gasteiger partial charge is 0.508 e. The van der Waals surface area contributed by atoms with Crippen LogP contribution in [0.1, 0.15) is 56.8 Å². The van der Waals surface area contributed by atoms with Crippen LogP contribution >= 0.6 is 0 Å². The number of pyridine rings is 1. The zero-order valence-corrected chi connectivity index (χ0v) is 25.0. The SMILES string of the molecule is CC.CC/C=N\C(OC)=C(/C)C1=CC=C(O)C(C2Nc3ccc(C(=O)NCc4nc(-c5ccccn5)no4)cc3N2)=CC1. The molecule has 0 spiro atoms. The quantitative estimate of drug-likeness (QED) is 0.168. The molecule has 1 unspecified atom stereocenters. The monoisotopic (exact) mass is 583 g/mol. The summed E-state index contributed by atoms with van der Waals surface area (Å²) in [5.74, 6) is 1.03. The van der Waals surface area contributed by atoms with Gasteiger partial charge in [-0.1, -0.05) is 44.1 Å². The lowest BCUT2D eigenvalue weighted by molar-refractivity contribution is 0.0946. The first kappa shape index (κ1) is 30.8. The summed E-state index contributed by atoms with van der Waals surface area (Å²) in [5, 5.41) is 24.3. The van der Waals surface area contributed by atoms with Crippen molar-refractivity contribution in [2.24, 2.45) is 4.99 Å². The molecule has 0 saturated carbocycles. The van der Waals surface area contributed by atoms with Crippen LogP contribution in [-0.4, -0.2) is 45.6 Å². The predicted octanol–water partition coefficient (Wildman–Crippen LogP) is 6.31. The smallest absolute Gasteiger partial charge is 0.251 e. The molecule has 11 nitrogen and oxygen atoms in total. The normalized spacial score (nSPS) is 16.2. The maximum Gasteiger partial charge on any atom is 0.251 e. The van der Waals surface area contributed by atoms with E-state index < -0.39 is 0 Å². The summed E-state index contributed by atoms with van der Waals surface area (Å²) >= 11 is 0. The first-order chi connectivity index (χ1) is 21.0. The fraction of sp³-hybridized carbons (Fsp3) is 0.281. The van der Waals surface area contributed by atoms with Crippen LogP contribution in [0.2, 0.25) is 0 Å². The highest BCUT2D eigenvalue weighted by Crippen LogP contribution is 2.35. The summed E-state index contributed by atoms with van der Waals surface area (Å²) in [4.78, 5) is 25.7. The zero-order valence-electron chi connectivity index (χ0n) is 25.0. The number of fused-ring (bicyclic) bond motifs is 1. The van der Waals surface area contributed by atoms with Crippen molar-refractivity contribution in [2.45, 2.75) is 53.2 Å². The molecule has 1 aliphatic carbocycles. The van der Waals surface area contributed by atoms with Gasteiger partial charge in [-0.15, -0.1) is 0 Å². The molecule has 1 aromatic carbocycles. The van der Waals surface area contributed by atoms with Gasteiger partial charge in [0, 0.05) is 29.1 Å². The Bertz CT molecular complexity index is 1590. The van der Waals surface area contributed by atoms with Crippen molar-refractivity contribution in [3.63, 3.8) is 0 Å². The average molecular weight is 584 g/mol. The number of hydrogen-bond acceptors (Lipinski definition) is 10. The standard InChI is InChI=1S/C30H31N7O4.C2H6/c1-4-14-32-30(40-3)18(2)19-8-11-21(25(38)13-10-19)27-34-22-12-9-20(16-24(22)35-27)29(39)33-17-26-36-28(37-41-26)23-7-5-6-15-31-23;1-2/h5-7,9-16,27,34-35,38H,4,8,17H2,1-3H3,(H,33,39);1-2H3/b30-18-,32-14-;. The van der Waals surface area contributed by atoms with Gasteiger partial charge in [0.05, 0.1) is 25.0 Å². The summed E-state index contributed by atoms with van der Waals surface area (Å²) in [6.45, 7) is 8.04. The number of amides is 1. The van der Waals surface area contributed by atoms with Gasteiger partial charge in [0.2, 0.25) is 17.6 Å². The number of allylic oxidation sites excluding steroid dienone is 5. The van der Waals surface area contributed by atoms with E-state index in [9.17, 15) is 9.90 Å². The number of methoxy groups -OCH3 is 1. The fourth-order valence-corrected chi connectivity index (χ4v) is 4.44. The Kier molecular flexibility index (Phi) is 10.5. The number of aromatic nitrogens is 3. The van der Waals surface area contributed by atoms with Crippen molar-refractivity contribution in [1.82, 2.24) is 20.4 Å². The molecule has 1 aliphatic heterocycles. The van der Waals surface area contributed by atoms with Crippen molar-refractivity contribution in [1.29, 1.82) is 0 Å². The molecule has 3 heterocycles. The topological polar surface area (TPSA) is 147 Å². The Balaban J connectivity index is 0.00000207. The number of anilines is 2. The highest BCUT2D eigenvalue weighted by Gasteiger charge is 2.27. The number of aliphatic hydroxyl groups is 1. The molecule has 1 amide bonds. The molecule has 4 N–H and O–H groups in total. The van der Waals surface area contributed by atoms with E-state index in [1.165, 1.54) is 0 Å². The number of ether oxygens (including phenoxy) is 1. The van der Waals surface area contributed by atoms with Crippen LogP contribution in [-0.2, 0) is 11.3 Å². The maximum atomic E-state index is 12.9. The minimum absolute atomic E-state index is 0.0767. The van der Waals surface area contributed by atoms with Crippen LogP contribution in [0.4, 0.5) is 11.4 Å². The lowest BCUT2D eigenvalue weighted by Crippen LogP contribution is -2.25. The molecule has 2 aromatic heterocycles. The van der Waals surface area contributed by atoms with Gasteiger partial charge in [-0.05, 0) is 61.7 Å². The van der Waals surface area contributed by atoms with Gasteiger partial charge in [-0.2, -0.15) is 4.98 Å². The van der Waals surface area contributed by atoms with E-state index in [0.717, 1.165) is 28.9 Å². The van der Waals surface area contributed by atoms with E-state index >= 15 is 0 Å². The molecular formula is C32H37N7O4. The summed E-state index contributed by atoms with van der Waals surface area (Å²) in [7, 11) is 1.60. The number of aliphatic hydroxyl groups excluding tert-OH is 1. The van der Waals surface area contributed by atoms with E-state index in [1.54, 1.807) is 49.9 Å². The second-order valence-electron chi connectivity index (χ2n) is 9.35. The summed E-state index contributed by atoms with van der Waals surface area (Å²) in [5.41, 5.74) is 5.20. The summed E-state index contributed by atoms with van der Waals surface area (Å²) in [6, 6.07) is 10.7. The molecule has 5 rings (SSSR count). The van der Waals surface area contributed by atoms with Crippen LogP contribution in [0.3, 0.4) is 0 Å². The number of nitrogens with one attached hydrogen (secondary N) is 3. The minimum Gasteiger partial charge on any atom is -0.508 e. The Morgan fingerprint density at radius 3 is 2.77 bits per heavy atom. The first-order valence-electron chi connectivity index (χ1n) is 14.2. The molecule has 1 atom stereocenters. The van der Waals surface area contributed by atoms with Crippen molar-refractivity contribution in [2.75, 3.05) is 17.7 Å². The number of aliphatic imine (C=N–C) groups is 1. The first-order valence-corrected chi connectivity index (χ1v) is 14.2. The highest BCUT2D eigenvalue weighted by atomic mass is 16.5. The lowest BCUT2D eigenvalue weighted by atomic mass is 10.0. The molecule has 224 valence electrons. The zero-order chi connectivity index (χ0) is 30.8. The lowest BCUT2D eigenvalue weighted by Gasteiger charge is -2.16. The van der Waals surface area contributed by atoms with E-state index in [0.29, 0.717) is 35.0 Å². The third-order valence-corrected chi connectivity index (χ3v) is 6.62. The maximum absolute atomic E-state index is 12.9. The number of rotatable bonds is 9. The highest BCUT2D eigenvalue weighted by molar-refractivity contribution is 5.97. The predicted molar refractivity (Wildman–Crippen MR) is 168 cm³/mol. The molecule has 0 fully saturated rings.